The molecule has 0 radical (unpaired) electrons. The van der Waals surface area contributed by atoms with Crippen LogP contribution >= 0.6 is 15.9 Å². The number of fused-ring (bicyclic) bond motifs is 1. The SMILES string of the molecule is O=CCCc1c(Br)ccc2c1OCCCO2. The molecule has 0 aromatic heterocycles. The van der Waals surface area contributed by atoms with E-state index in [-0.39, 0.29) is 0 Å². The van der Waals surface area contributed by atoms with Crippen molar-refractivity contribution in [3.63, 3.8) is 0 Å². The second-order valence-electron chi connectivity index (χ2n) is 3.61. The summed E-state index contributed by atoms with van der Waals surface area (Å²) in [6, 6.07) is 3.84. The lowest BCUT2D eigenvalue weighted by atomic mass is 10.1. The van der Waals surface area contributed by atoms with Crippen molar-refractivity contribution in [3.05, 3.63) is 22.2 Å². The van der Waals surface area contributed by atoms with Crippen molar-refractivity contribution in [1.82, 2.24) is 0 Å². The van der Waals surface area contributed by atoms with E-state index in [1.54, 1.807) is 0 Å². The fraction of sp³-hybridized carbons (Fsp3) is 0.417. The van der Waals surface area contributed by atoms with Gasteiger partial charge in [0.25, 0.3) is 0 Å². The minimum Gasteiger partial charge on any atom is -0.490 e. The van der Waals surface area contributed by atoms with E-state index in [1.807, 2.05) is 12.1 Å². The Morgan fingerprint density at radius 2 is 2.12 bits per heavy atom. The maximum atomic E-state index is 10.4. The van der Waals surface area contributed by atoms with Crippen LogP contribution in [-0.4, -0.2) is 19.5 Å². The third kappa shape index (κ3) is 2.38. The van der Waals surface area contributed by atoms with Crippen LogP contribution in [0.3, 0.4) is 0 Å². The molecule has 3 nitrogen and oxygen atoms in total. The summed E-state index contributed by atoms with van der Waals surface area (Å²) in [4.78, 5) is 10.4. The summed E-state index contributed by atoms with van der Waals surface area (Å²) in [5.41, 5.74) is 1.02. The van der Waals surface area contributed by atoms with Crippen LogP contribution in [0.2, 0.25) is 0 Å². The molecule has 0 N–H and O–H groups in total. The number of hydrogen-bond donors (Lipinski definition) is 0. The first kappa shape index (κ1) is 11.5. The van der Waals surface area contributed by atoms with Gasteiger partial charge in [0.15, 0.2) is 11.5 Å². The van der Waals surface area contributed by atoms with Crippen molar-refractivity contribution in [3.8, 4) is 11.5 Å². The van der Waals surface area contributed by atoms with Gasteiger partial charge in [-0.15, -0.1) is 0 Å². The van der Waals surface area contributed by atoms with Gasteiger partial charge in [0, 0.05) is 22.9 Å². The summed E-state index contributed by atoms with van der Waals surface area (Å²) in [7, 11) is 0. The summed E-state index contributed by atoms with van der Waals surface area (Å²) in [5, 5.41) is 0. The van der Waals surface area contributed by atoms with Gasteiger partial charge in [-0.3, -0.25) is 0 Å². The molecule has 0 amide bonds. The van der Waals surface area contributed by atoms with Gasteiger partial charge in [0.2, 0.25) is 0 Å². The van der Waals surface area contributed by atoms with Crippen LogP contribution in [-0.2, 0) is 11.2 Å². The van der Waals surface area contributed by atoms with Crippen LogP contribution in [0.5, 0.6) is 11.5 Å². The number of hydrogen-bond acceptors (Lipinski definition) is 3. The first-order valence-electron chi connectivity index (χ1n) is 5.33. The number of carbonyl (C=O) groups excluding carboxylic acids is 1. The van der Waals surface area contributed by atoms with E-state index in [9.17, 15) is 4.79 Å². The molecule has 2 rings (SSSR count). The first-order valence-corrected chi connectivity index (χ1v) is 6.13. The van der Waals surface area contributed by atoms with Gasteiger partial charge in [-0.05, 0) is 18.6 Å². The molecule has 16 heavy (non-hydrogen) atoms. The highest BCUT2D eigenvalue weighted by atomic mass is 79.9. The van der Waals surface area contributed by atoms with Gasteiger partial charge in [-0.25, -0.2) is 0 Å². The van der Waals surface area contributed by atoms with E-state index in [4.69, 9.17) is 9.47 Å². The Morgan fingerprint density at radius 3 is 2.94 bits per heavy atom. The quantitative estimate of drug-likeness (QED) is 0.801. The lowest BCUT2D eigenvalue weighted by molar-refractivity contribution is -0.107. The summed E-state index contributed by atoms with van der Waals surface area (Å²) in [6.07, 6.45) is 2.98. The number of aldehydes is 1. The van der Waals surface area contributed by atoms with Gasteiger partial charge in [-0.2, -0.15) is 0 Å². The van der Waals surface area contributed by atoms with Crippen molar-refractivity contribution in [1.29, 1.82) is 0 Å². The molecule has 1 heterocycles. The average molecular weight is 285 g/mol. The summed E-state index contributed by atoms with van der Waals surface area (Å²) >= 11 is 3.48. The zero-order valence-electron chi connectivity index (χ0n) is 8.87. The molecule has 0 bridgehead atoms. The maximum absolute atomic E-state index is 10.4. The summed E-state index contributed by atoms with van der Waals surface area (Å²) in [6.45, 7) is 1.35. The molecule has 1 aliphatic heterocycles. The predicted octanol–water partition coefficient (Wildman–Crippen LogP) is 2.74. The highest BCUT2D eigenvalue weighted by Gasteiger charge is 2.16. The van der Waals surface area contributed by atoms with Crippen LogP contribution in [0.1, 0.15) is 18.4 Å². The van der Waals surface area contributed by atoms with Crippen LogP contribution < -0.4 is 9.47 Å². The summed E-state index contributed by atoms with van der Waals surface area (Å²) < 4.78 is 12.2. The zero-order valence-corrected chi connectivity index (χ0v) is 10.5. The smallest absolute Gasteiger partial charge is 0.165 e. The van der Waals surface area contributed by atoms with Gasteiger partial charge < -0.3 is 14.3 Å². The Kier molecular flexibility index (Phi) is 3.83. The van der Waals surface area contributed by atoms with Crippen LogP contribution in [0.15, 0.2) is 16.6 Å². The second-order valence-corrected chi connectivity index (χ2v) is 4.46. The van der Waals surface area contributed by atoms with Crippen molar-refractivity contribution in [2.24, 2.45) is 0 Å². The van der Waals surface area contributed by atoms with Gasteiger partial charge in [0.05, 0.1) is 13.2 Å². The number of carbonyl (C=O) groups is 1. The molecule has 0 spiro atoms. The highest BCUT2D eigenvalue weighted by Crippen LogP contribution is 2.38. The topological polar surface area (TPSA) is 35.5 Å². The van der Waals surface area contributed by atoms with E-state index in [0.29, 0.717) is 26.1 Å². The first-order chi connectivity index (χ1) is 7.83. The monoisotopic (exact) mass is 284 g/mol. The molecule has 1 aromatic rings. The van der Waals surface area contributed by atoms with E-state index >= 15 is 0 Å². The Balaban J connectivity index is 2.36. The molecule has 0 saturated heterocycles. The minimum atomic E-state index is 0.498. The Morgan fingerprint density at radius 1 is 1.31 bits per heavy atom. The normalized spacial score (nSPS) is 14.3. The van der Waals surface area contributed by atoms with E-state index in [0.717, 1.165) is 34.2 Å². The van der Waals surface area contributed by atoms with E-state index in [2.05, 4.69) is 15.9 Å². The predicted molar refractivity (Wildman–Crippen MR) is 64.1 cm³/mol. The Hall–Kier alpha value is -1.03. The maximum Gasteiger partial charge on any atom is 0.165 e. The van der Waals surface area contributed by atoms with Crippen LogP contribution in [0.4, 0.5) is 0 Å². The van der Waals surface area contributed by atoms with Crippen LogP contribution in [0.25, 0.3) is 0 Å². The molecule has 0 saturated carbocycles. The average Bonchev–Trinajstić information content (AvgIpc) is 2.53. The molecular formula is C12H13BrO3. The molecule has 1 aromatic carbocycles. The molecule has 0 fully saturated rings. The minimum absolute atomic E-state index is 0.498. The third-order valence-electron chi connectivity index (χ3n) is 2.47. The van der Waals surface area contributed by atoms with Gasteiger partial charge in [-0.1, -0.05) is 15.9 Å². The van der Waals surface area contributed by atoms with Crippen LogP contribution in [0, 0.1) is 0 Å². The fourth-order valence-electron chi connectivity index (χ4n) is 1.71. The van der Waals surface area contributed by atoms with E-state index < -0.39 is 0 Å². The molecular weight excluding hydrogens is 272 g/mol. The van der Waals surface area contributed by atoms with Crippen molar-refractivity contribution in [2.75, 3.05) is 13.2 Å². The number of ether oxygens (including phenoxy) is 2. The highest BCUT2D eigenvalue weighted by molar-refractivity contribution is 9.10. The molecule has 4 heteroatoms. The van der Waals surface area contributed by atoms with Gasteiger partial charge >= 0.3 is 0 Å². The standard InChI is InChI=1S/C12H13BrO3/c13-10-4-5-11-12(9(10)3-1-6-14)16-8-2-7-15-11/h4-6H,1-3,7-8H2. The Labute approximate surface area is 103 Å². The van der Waals surface area contributed by atoms with Crippen molar-refractivity contribution in [2.45, 2.75) is 19.3 Å². The Bertz CT molecular complexity index is 390. The zero-order chi connectivity index (χ0) is 11.4. The molecule has 0 aliphatic carbocycles. The summed E-state index contributed by atoms with van der Waals surface area (Å²) in [5.74, 6) is 1.57. The molecule has 1 aliphatic rings. The second kappa shape index (κ2) is 5.34. The molecule has 86 valence electrons. The number of benzene rings is 1. The lowest BCUT2D eigenvalue weighted by Gasteiger charge is -2.13. The molecule has 0 atom stereocenters. The fourth-order valence-corrected chi connectivity index (χ4v) is 2.22. The van der Waals surface area contributed by atoms with Gasteiger partial charge in [0.1, 0.15) is 6.29 Å². The van der Waals surface area contributed by atoms with Crippen molar-refractivity contribution >= 4 is 22.2 Å². The van der Waals surface area contributed by atoms with Crippen molar-refractivity contribution < 1.29 is 14.3 Å². The number of rotatable bonds is 3. The largest absolute Gasteiger partial charge is 0.490 e. The lowest BCUT2D eigenvalue weighted by Crippen LogP contribution is -1.99. The van der Waals surface area contributed by atoms with E-state index in [1.165, 1.54) is 0 Å². The third-order valence-corrected chi connectivity index (χ3v) is 3.21. The number of halogens is 1. The molecule has 0 unspecified atom stereocenters.